The van der Waals surface area contributed by atoms with Gasteiger partial charge in [0.05, 0.1) is 11.1 Å². The van der Waals surface area contributed by atoms with E-state index in [1.165, 1.54) is 28.7 Å². The Kier molecular flexibility index (Phi) is 2.97. The van der Waals surface area contributed by atoms with Gasteiger partial charge in [0.1, 0.15) is 10.7 Å². The van der Waals surface area contributed by atoms with Crippen LogP contribution in [0.3, 0.4) is 0 Å². The summed E-state index contributed by atoms with van der Waals surface area (Å²) in [6.07, 6.45) is 0. The Morgan fingerprint density at radius 2 is 2.25 bits per heavy atom. The second-order valence-corrected chi connectivity index (χ2v) is 4.43. The predicted octanol–water partition coefficient (Wildman–Crippen LogP) is 2.16. The molecule has 0 saturated carbocycles. The molecule has 0 radical (unpaired) electrons. The van der Waals surface area contributed by atoms with Gasteiger partial charge in [-0.3, -0.25) is 4.79 Å². The van der Waals surface area contributed by atoms with Gasteiger partial charge in [0.2, 0.25) is 0 Å². The molecule has 2 heterocycles. The normalized spacial score (nSPS) is 10.0. The minimum absolute atomic E-state index is 0.0913. The number of nitrogens with zero attached hydrogens (tertiary/aromatic N) is 1. The second-order valence-electron chi connectivity index (χ2n) is 2.80. The molecule has 1 amide bonds. The van der Waals surface area contributed by atoms with Crippen LogP contribution in [0, 0.1) is 0 Å². The zero-order valence-electron chi connectivity index (χ0n) is 7.84. The van der Waals surface area contributed by atoms with Gasteiger partial charge >= 0.3 is 5.97 Å². The summed E-state index contributed by atoms with van der Waals surface area (Å²) in [6.45, 7) is 0. The maximum Gasteiger partial charge on any atom is 0.338 e. The molecule has 0 saturated heterocycles. The van der Waals surface area contributed by atoms with Crippen LogP contribution in [-0.4, -0.2) is 22.0 Å². The number of aromatic nitrogens is 1. The van der Waals surface area contributed by atoms with E-state index >= 15 is 0 Å². The molecule has 0 aliphatic rings. The maximum atomic E-state index is 11.6. The Hall–Kier alpha value is -1.73. The van der Waals surface area contributed by atoms with Crippen LogP contribution in [0.25, 0.3) is 0 Å². The number of anilines is 1. The van der Waals surface area contributed by atoms with Crippen LogP contribution in [0.2, 0.25) is 0 Å². The smallest absolute Gasteiger partial charge is 0.338 e. The second kappa shape index (κ2) is 4.42. The summed E-state index contributed by atoms with van der Waals surface area (Å²) < 4.78 is 0. The van der Waals surface area contributed by atoms with Crippen molar-refractivity contribution >= 4 is 39.6 Å². The van der Waals surface area contributed by atoms with Crippen LogP contribution in [-0.2, 0) is 0 Å². The molecule has 0 atom stereocenters. The molecular weight excluding hydrogens is 248 g/mol. The lowest BCUT2D eigenvalue weighted by molar-refractivity contribution is 0.0698. The fourth-order valence-electron chi connectivity index (χ4n) is 1.07. The minimum Gasteiger partial charge on any atom is -0.478 e. The number of carboxylic acids is 1. The highest BCUT2D eigenvalue weighted by Crippen LogP contribution is 2.23. The molecule has 0 bridgehead atoms. The van der Waals surface area contributed by atoms with Gasteiger partial charge in [0.15, 0.2) is 0 Å². The van der Waals surface area contributed by atoms with Gasteiger partial charge in [0.25, 0.3) is 5.91 Å². The highest BCUT2D eigenvalue weighted by Gasteiger charge is 2.15. The van der Waals surface area contributed by atoms with E-state index in [4.69, 9.17) is 5.11 Å². The first-order chi connectivity index (χ1) is 7.68. The van der Waals surface area contributed by atoms with Gasteiger partial charge in [-0.15, -0.1) is 22.7 Å². The summed E-state index contributed by atoms with van der Waals surface area (Å²) in [4.78, 5) is 26.2. The van der Waals surface area contributed by atoms with Crippen LogP contribution in [0.5, 0.6) is 0 Å². The third-order valence-corrected chi connectivity index (χ3v) is 3.20. The van der Waals surface area contributed by atoms with Crippen molar-refractivity contribution in [3.63, 3.8) is 0 Å². The van der Waals surface area contributed by atoms with E-state index in [-0.39, 0.29) is 11.3 Å². The van der Waals surface area contributed by atoms with Crippen molar-refractivity contribution in [1.29, 1.82) is 0 Å². The van der Waals surface area contributed by atoms with Gasteiger partial charge in [-0.1, -0.05) is 0 Å². The lowest BCUT2D eigenvalue weighted by Gasteiger charge is -2.01. The first-order valence-electron chi connectivity index (χ1n) is 4.19. The number of carbonyl (C=O) groups excluding carboxylic acids is 1. The van der Waals surface area contributed by atoms with E-state index in [2.05, 4.69) is 10.3 Å². The Bertz CT molecular complexity index is 519. The largest absolute Gasteiger partial charge is 0.478 e. The molecule has 2 aromatic heterocycles. The first-order valence-corrected chi connectivity index (χ1v) is 6.01. The average Bonchev–Trinajstić information content (AvgIpc) is 2.86. The van der Waals surface area contributed by atoms with Crippen molar-refractivity contribution in [2.75, 3.05) is 5.32 Å². The number of thiazole rings is 1. The Balaban J connectivity index is 2.18. The van der Waals surface area contributed by atoms with Crippen LogP contribution in [0.15, 0.2) is 22.3 Å². The van der Waals surface area contributed by atoms with Crippen molar-refractivity contribution in [2.45, 2.75) is 0 Å². The number of nitrogens with one attached hydrogen (secondary N) is 1. The molecule has 0 spiro atoms. The minimum atomic E-state index is -1.06. The SMILES string of the molecule is O=C(Nc1sccc1C(=O)O)c1cscn1. The Morgan fingerprint density at radius 1 is 1.44 bits per heavy atom. The van der Waals surface area contributed by atoms with Crippen molar-refractivity contribution in [3.05, 3.63) is 33.6 Å². The molecule has 82 valence electrons. The summed E-state index contributed by atoms with van der Waals surface area (Å²) in [5.41, 5.74) is 1.92. The van der Waals surface area contributed by atoms with Gasteiger partial charge in [-0.05, 0) is 11.4 Å². The zero-order chi connectivity index (χ0) is 11.5. The van der Waals surface area contributed by atoms with Gasteiger partial charge in [0, 0.05) is 5.38 Å². The van der Waals surface area contributed by atoms with Crippen LogP contribution >= 0.6 is 22.7 Å². The predicted molar refractivity (Wildman–Crippen MR) is 61.3 cm³/mol. The quantitative estimate of drug-likeness (QED) is 0.879. The molecule has 2 rings (SSSR count). The molecule has 16 heavy (non-hydrogen) atoms. The summed E-state index contributed by atoms with van der Waals surface area (Å²) >= 11 is 2.47. The summed E-state index contributed by atoms with van der Waals surface area (Å²) in [5.74, 6) is -1.46. The van der Waals surface area contributed by atoms with Crippen molar-refractivity contribution in [2.24, 2.45) is 0 Å². The number of hydrogen-bond acceptors (Lipinski definition) is 5. The van der Waals surface area contributed by atoms with Gasteiger partial charge in [-0.25, -0.2) is 9.78 Å². The molecular formula is C9H6N2O3S2. The van der Waals surface area contributed by atoms with E-state index in [0.29, 0.717) is 5.00 Å². The van der Waals surface area contributed by atoms with Crippen LogP contribution < -0.4 is 5.32 Å². The molecule has 5 nitrogen and oxygen atoms in total. The van der Waals surface area contributed by atoms with E-state index in [1.54, 1.807) is 16.3 Å². The third-order valence-electron chi connectivity index (χ3n) is 1.79. The highest BCUT2D eigenvalue weighted by molar-refractivity contribution is 7.14. The fraction of sp³-hybridized carbons (Fsp3) is 0. The summed E-state index contributed by atoms with van der Waals surface area (Å²) in [7, 11) is 0. The number of carbonyl (C=O) groups is 2. The van der Waals surface area contributed by atoms with Crippen molar-refractivity contribution in [3.8, 4) is 0 Å². The van der Waals surface area contributed by atoms with E-state index in [1.807, 2.05) is 0 Å². The molecule has 2 N–H and O–H groups in total. The first kappa shape index (κ1) is 10.8. The zero-order valence-corrected chi connectivity index (χ0v) is 9.47. The molecule has 0 aromatic carbocycles. The van der Waals surface area contributed by atoms with Gasteiger partial charge < -0.3 is 10.4 Å². The number of carboxylic acid groups (broad SMARTS) is 1. The molecule has 0 unspecified atom stereocenters. The van der Waals surface area contributed by atoms with E-state index in [0.717, 1.165) is 0 Å². The topological polar surface area (TPSA) is 79.3 Å². The van der Waals surface area contributed by atoms with E-state index in [9.17, 15) is 9.59 Å². The lowest BCUT2D eigenvalue weighted by Crippen LogP contribution is -2.13. The van der Waals surface area contributed by atoms with Crippen molar-refractivity contribution < 1.29 is 14.7 Å². The lowest BCUT2D eigenvalue weighted by atomic mass is 10.3. The number of amides is 1. The highest BCUT2D eigenvalue weighted by atomic mass is 32.1. The summed E-state index contributed by atoms with van der Waals surface area (Å²) in [6, 6.07) is 1.45. The van der Waals surface area contributed by atoms with Crippen LogP contribution in [0.1, 0.15) is 20.8 Å². The number of hydrogen-bond donors (Lipinski definition) is 2. The Labute approximate surface area is 98.4 Å². The molecule has 2 aromatic rings. The van der Waals surface area contributed by atoms with Gasteiger partial charge in [-0.2, -0.15) is 0 Å². The van der Waals surface area contributed by atoms with E-state index < -0.39 is 11.9 Å². The monoisotopic (exact) mass is 254 g/mol. The number of aromatic carboxylic acids is 1. The van der Waals surface area contributed by atoms with Crippen molar-refractivity contribution in [1.82, 2.24) is 4.98 Å². The average molecular weight is 254 g/mol. The molecule has 0 fully saturated rings. The molecule has 0 aliphatic carbocycles. The number of rotatable bonds is 3. The van der Waals surface area contributed by atoms with Crippen LogP contribution in [0.4, 0.5) is 5.00 Å². The maximum absolute atomic E-state index is 11.6. The fourth-order valence-corrected chi connectivity index (χ4v) is 2.37. The molecule has 0 aliphatic heterocycles. The summed E-state index contributed by atoms with van der Waals surface area (Å²) in [5, 5.41) is 14.9. The molecule has 7 heteroatoms. The standard InChI is InChI=1S/C9H6N2O3S2/c12-7(6-3-15-4-10-6)11-8-5(9(13)14)1-2-16-8/h1-4H,(H,11,12)(H,13,14). The Morgan fingerprint density at radius 3 is 2.88 bits per heavy atom. The number of thiophene rings is 1. The third kappa shape index (κ3) is 2.10.